The molecule has 1 aromatic heterocycles. The van der Waals surface area contributed by atoms with Crippen molar-refractivity contribution in [2.75, 3.05) is 26.2 Å². The molecular formula is C20H18ClN3O2. The lowest BCUT2D eigenvalue weighted by Crippen LogP contribution is -2.50. The number of nitrogens with zero attached hydrogens (tertiary/aromatic N) is 2. The van der Waals surface area contributed by atoms with Crippen LogP contribution in [0.5, 0.6) is 0 Å². The minimum Gasteiger partial charge on any atom is -0.351 e. The standard InChI is InChI=1S/C20H18ClN3O2/c21-16-6-7-17-15(12-16)13-18(22-17)20(26)24-10-8-23(9-11-24)19(25)14-4-2-1-3-5-14/h1-7,12-13,22H,8-11H2. The zero-order chi connectivity index (χ0) is 18.1. The van der Waals surface area contributed by atoms with Gasteiger partial charge in [-0.3, -0.25) is 9.59 Å². The van der Waals surface area contributed by atoms with Crippen molar-refractivity contribution in [1.82, 2.24) is 14.8 Å². The van der Waals surface area contributed by atoms with Gasteiger partial charge in [-0.1, -0.05) is 29.8 Å². The summed E-state index contributed by atoms with van der Waals surface area (Å²) in [5.74, 6) is -0.0397. The highest BCUT2D eigenvalue weighted by Gasteiger charge is 2.26. The molecule has 0 atom stereocenters. The molecule has 1 fully saturated rings. The highest BCUT2D eigenvalue weighted by atomic mass is 35.5. The maximum atomic E-state index is 12.8. The summed E-state index contributed by atoms with van der Waals surface area (Å²) in [4.78, 5) is 32.0. The van der Waals surface area contributed by atoms with Gasteiger partial charge in [0.25, 0.3) is 11.8 Å². The van der Waals surface area contributed by atoms with Gasteiger partial charge in [0.05, 0.1) is 0 Å². The number of aromatic nitrogens is 1. The number of benzene rings is 2. The van der Waals surface area contributed by atoms with Gasteiger partial charge in [-0.2, -0.15) is 0 Å². The number of carbonyl (C=O) groups excluding carboxylic acids is 2. The molecule has 1 N–H and O–H groups in total. The molecule has 1 aliphatic heterocycles. The molecule has 26 heavy (non-hydrogen) atoms. The average molecular weight is 368 g/mol. The van der Waals surface area contributed by atoms with Gasteiger partial charge >= 0.3 is 0 Å². The number of carbonyl (C=O) groups is 2. The van der Waals surface area contributed by atoms with Crippen LogP contribution in [0.4, 0.5) is 0 Å². The SMILES string of the molecule is O=C(c1ccccc1)N1CCN(C(=O)c2cc3cc(Cl)ccc3[nH]2)CC1. The van der Waals surface area contributed by atoms with Crippen molar-refractivity contribution < 1.29 is 9.59 Å². The first-order chi connectivity index (χ1) is 12.6. The van der Waals surface area contributed by atoms with E-state index in [1.54, 1.807) is 15.9 Å². The van der Waals surface area contributed by atoms with Crippen molar-refractivity contribution in [3.63, 3.8) is 0 Å². The number of hydrogen-bond donors (Lipinski definition) is 1. The van der Waals surface area contributed by atoms with Crippen LogP contribution in [0, 0.1) is 0 Å². The van der Waals surface area contributed by atoms with Crippen molar-refractivity contribution >= 4 is 34.3 Å². The van der Waals surface area contributed by atoms with E-state index < -0.39 is 0 Å². The van der Waals surface area contributed by atoms with Gasteiger partial charge in [-0.15, -0.1) is 0 Å². The van der Waals surface area contributed by atoms with Crippen LogP contribution < -0.4 is 0 Å². The zero-order valence-corrected chi connectivity index (χ0v) is 14.9. The van der Waals surface area contributed by atoms with Crippen LogP contribution in [0.15, 0.2) is 54.6 Å². The van der Waals surface area contributed by atoms with E-state index >= 15 is 0 Å². The molecule has 2 amide bonds. The van der Waals surface area contributed by atoms with Crippen molar-refractivity contribution in [2.24, 2.45) is 0 Å². The third-order valence-electron chi connectivity index (χ3n) is 4.69. The van der Waals surface area contributed by atoms with E-state index in [0.29, 0.717) is 42.5 Å². The van der Waals surface area contributed by atoms with E-state index in [-0.39, 0.29) is 11.8 Å². The molecule has 0 aliphatic carbocycles. The van der Waals surface area contributed by atoms with Crippen LogP contribution in [0.2, 0.25) is 5.02 Å². The van der Waals surface area contributed by atoms with Crippen LogP contribution in [-0.4, -0.2) is 52.8 Å². The fourth-order valence-corrected chi connectivity index (χ4v) is 3.45. The molecule has 1 aliphatic rings. The van der Waals surface area contributed by atoms with Gasteiger partial charge in [0, 0.05) is 47.7 Å². The van der Waals surface area contributed by atoms with Gasteiger partial charge in [0.1, 0.15) is 5.69 Å². The number of aromatic amines is 1. The van der Waals surface area contributed by atoms with Crippen LogP contribution in [0.3, 0.4) is 0 Å². The largest absolute Gasteiger partial charge is 0.351 e. The van der Waals surface area contributed by atoms with E-state index in [9.17, 15) is 9.59 Å². The molecule has 0 spiro atoms. The second kappa shape index (κ2) is 6.84. The molecule has 6 heteroatoms. The maximum absolute atomic E-state index is 12.8. The van der Waals surface area contributed by atoms with Crippen LogP contribution in [0.1, 0.15) is 20.8 Å². The lowest BCUT2D eigenvalue weighted by Gasteiger charge is -2.34. The predicted octanol–water partition coefficient (Wildman–Crippen LogP) is 3.42. The Hall–Kier alpha value is -2.79. The van der Waals surface area contributed by atoms with E-state index in [1.807, 2.05) is 48.5 Å². The first kappa shape index (κ1) is 16.7. The van der Waals surface area contributed by atoms with Gasteiger partial charge in [0.2, 0.25) is 0 Å². The summed E-state index contributed by atoms with van der Waals surface area (Å²) in [5, 5.41) is 1.56. The second-order valence-electron chi connectivity index (χ2n) is 6.37. The summed E-state index contributed by atoms with van der Waals surface area (Å²) in [6.07, 6.45) is 0. The van der Waals surface area contributed by atoms with E-state index in [0.717, 1.165) is 10.9 Å². The number of rotatable bonds is 2. The molecule has 4 rings (SSSR count). The van der Waals surface area contributed by atoms with Crippen LogP contribution in [0.25, 0.3) is 10.9 Å². The number of piperazine rings is 1. The monoisotopic (exact) mass is 367 g/mol. The Morgan fingerprint density at radius 2 is 1.50 bits per heavy atom. The Morgan fingerprint density at radius 1 is 0.846 bits per heavy atom. The van der Waals surface area contributed by atoms with E-state index in [2.05, 4.69) is 4.98 Å². The number of H-pyrrole nitrogens is 1. The molecule has 0 saturated carbocycles. The molecule has 3 aromatic rings. The normalized spacial score (nSPS) is 14.7. The average Bonchev–Trinajstić information content (AvgIpc) is 3.11. The summed E-state index contributed by atoms with van der Waals surface area (Å²) in [6.45, 7) is 2.11. The fourth-order valence-electron chi connectivity index (χ4n) is 3.26. The molecule has 5 nitrogen and oxygen atoms in total. The van der Waals surface area contributed by atoms with E-state index in [1.165, 1.54) is 0 Å². The lowest BCUT2D eigenvalue weighted by atomic mass is 10.2. The zero-order valence-electron chi connectivity index (χ0n) is 14.1. The summed E-state index contributed by atoms with van der Waals surface area (Å²) in [6, 6.07) is 16.6. The van der Waals surface area contributed by atoms with Gasteiger partial charge < -0.3 is 14.8 Å². The summed E-state index contributed by atoms with van der Waals surface area (Å²) < 4.78 is 0. The topological polar surface area (TPSA) is 56.4 Å². The summed E-state index contributed by atoms with van der Waals surface area (Å²) in [5.41, 5.74) is 2.11. The Kier molecular flexibility index (Phi) is 4.39. The smallest absolute Gasteiger partial charge is 0.270 e. The summed E-state index contributed by atoms with van der Waals surface area (Å²) in [7, 11) is 0. The third-order valence-corrected chi connectivity index (χ3v) is 4.92. The molecule has 0 radical (unpaired) electrons. The Labute approximate surface area is 156 Å². The Balaban J connectivity index is 1.43. The molecule has 0 bridgehead atoms. The molecule has 2 heterocycles. The van der Waals surface area contributed by atoms with Crippen molar-refractivity contribution in [2.45, 2.75) is 0 Å². The molecule has 1 saturated heterocycles. The minimum atomic E-state index is -0.0517. The van der Waals surface area contributed by atoms with Gasteiger partial charge in [-0.25, -0.2) is 0 Å². The van der Waals surface area contributed by atoms with Crippen molar-refractivity contribution in [3.8, 4) is 0 Å². The lowest BCUT2D eigenvalue weighted by molar-refractivity contribution is 0.0533. The maximum Gasteiger partial charge on any atom is 0.270 e. The number of fused-ring (bicyclic) bond motifs is 1. The van der Waals surface area contributed by atoms with Gasteiger partial charge in [-0.05, 0) is 36.4 Å². The highest BCUT2D eigenvalue weighted by molar-refractivity contribution is 6.31. The van der Waals surface area contributed by atoms with Gasteiger partial charge in [0.15, 0.2) is 0 Å². The first-order valence-electron chi connectivity index (χ1n) is 8.54. The van der Waals surface area contributed by atoms with E-state index in [4.69, 9.17) is 11.6 Å². The Morgan fingerprint density at radius 3 is 2.19 bits per heavy atom. The summed E-state index contributed by atoms with van der Waals surface area (Å²) >= 11 is 6.01. The highest BCUT2D eigenvalue weighted by Crippen LogP contribution is 2.21. The second-order valence-corrected chi connectivity index (χ2v) is 6.80. The van der Waals surface area contributed by atoms with Crippen molar-refractivity contribution in [3.05, 3.63) is 70.9 Å². The number of amides is 2. The number of nitrogens with one attached hydrogen (secondary N) is 1. The van der Waals surface area contributed by atoms with Crippen LogP contribution >= 0.6 is 11.6 Å². The quantitative estimate of drug-likeness (QED) is 0.754. The molecule has 0 unspecified atom stereocenters. The minimum absolute atomic E-state index is 0.0120. The predicted molar refractivity (Wildman–Crippen MR) is 102 cm³/mol. The third kappa shape index (κ3) is 3.18. The number of hydrogen-bond acceptors (Lipinski definition) is 2. The van der Waals surface area contributed by atoms with Crippen LogP contribution in [-0.2, 0) is 0 Å². The first-order valence-corrected chi connectivity index (χ1v) is 8.91. The fraction of sp³-hybridized carbons (Fsp3) is 0.200. The number of halogens is 1. The van der Waals surface area contributed by atoms with Crippen molar-refractivity contribution in [1.29, 1.82) is 0 Å². The molecular weight excluding hydrogens is 350 g/mol. The molecule has 132 valence electrons. The Bertz CT molecular complexity index is 960. The molecule has 2 aromatic carbocycles.